The minimum absolute atomic E-state index is 0.158. The highest BCUT2D eigenvalue weighted by atomic mass is 35.5. The topological polar surface area (TPSA) is 43.8 Å². The molecule has 1 fully saturated rings. The van der Waals surface area contributed by atoms with Crippen molar-refractivity contribution >= 4 is 17.7 Å². The third-order valence-electron chi connectivity index (χ3n) is 4.53. The first kappa shape index (κ1) is 18.9. The molecule has 4 nitrogen and oxygen atoms in total. The summed E-state index contributed by atoms with van der Waals surface area (Å²) in [5, 5.41) is 9.23. The van der Waals surface area contributed by atoms with Crippen molar-refractivity contribution in [2.75, 3.05) is 19.0 Å². The van der Waals surface area contributed by atoms with Gasteiger partial charge in [0.05, 0.1) is 5.56 Å². The van der Waals surface area contributed by atoms with Gasteiger partial charge in [0.1, 0.15) is 0 Å². The van der Waals surface area contributed by atoms with Crippen LogP contribution in [0.2, 0.25) is 0 Å². The summed E-state index contributed by atoms with van der Waals surface area (Å²) in [4.78, 5) is 14.7. The van der Waals surface area contributed by atoms with E-state index in [4.69, 9.17) is 11.6 Å². The molecule has 3 atom stereocenters. The molecule has 0 aliphatic carbocycles. The Kier molecular flexibility index (Phi) is 5.65. The van der Waals surface area contributed by atoms with Gasteiger partial charge in [0.15, 0.2) is 0 Å². The summed E-state index contributed by atoms with van der Waals surface area (Å²) in [6, 6.07) is 4.52. The monoisotopic (exact) mass is 364 g/mol. The van der Waals surface area contributed by atoms with E-state index in [0.29, 0.717) is 6.54 Å². The van der Waals surface area contributed by atoms with Crippen LogP contribution in [0.15, 0.2) is 24.3 Å². The second kappa shape index (κ2) is 7.19. The van der Waals surface area contributed by atoms with Gasteiger partial charge in [0.2, 0.25) is 0 Å². The van der Waals surface area contributed by atoms with Gasteiger partial charge < -0.3 is 10.0 Å². The lowest BCUT2D eigenvalue weighted by atomic mass is 10.00. The maximum Gasteiger partial charge on any atom is 0.416 e. The van der Waals surface area contributed by atoms with Crippen molar-refractivity contribution in [3.05, 3.63) is 35.4 Å². The predicted molar refractivity (Wildman–Crippen MR) is 85.3 cm³/mol. The number of hydrogen-bond acceptors (Lipinski definition) is 2. The van der Waals surface area contributed by atoms with Crippen LogP contribution in [0.5, 0.6) is 0 Å². The van der Waals surface area contributed by atoms with E-state index in [2.05, 4.69) is 4.90 Å². The van der Waals surface area contributed by atoms with E-state index in [1.165, 1.54) is 17.0 Å². The number of carbonyl (C=O) groups is 1. The van der Waals surface area contributed by atoms with Crippen LogP contribution in [0.4, 0.5) is 18.0 Å². The minimum Gasteiger partial charge on any atom is -0.465 e. The van der Waals surface area contributed by atoms with Gasteiger partial charge in [0.25, 0.3) is 0 Å². The lowest BCUT2D eigenvalue weighted by Crippen LogP contribution is -2.59. The highest BCUT2D eigenvalue weighted by Crippen LogP contribution is 2.32. The Labute approximate surface area is 143 Å². The molecule has 1 aliphatic heterocycles. The molecule has 2 unspecified atom stereocenters. The van der Waals surface area contributed by atoms with Gasteiger partial charge >= 0.3 is 12.3 Å². The van der Waals surface area contributed by atoms with Crippen LogP contribution >= 0.6 is 11.6 Å². The molecule has 2 rings (SSSR count). The molecule has 134 valence electrons. The summed E-state index contributed by atoms with van der Waals surface area (Å²) in [5.41, 5.74) is 0.0606. The quantitative estimate of drug-likeness (QED) is 0.823. The van der Waals surface area contributed by atoms with Gasteiger partial charge in [-0.2, -0.15) is 13.2 Å². The van der Waals surface area contributed by atoms with Crippen LogP contribution < -0.4 is 0 Å². The average Bonchev–Trinajstić information content (AvgIpc) is 2.53. The molecule has 0 radical (unpaired) electrons. The first-order chi connectivity index (χ1) is 11.1. The van der Waals surface area contributed by atoms with E-state index in [9.17, 15) is 23.1 Å². The summed E-state index contributed by atoms with van der Waals surface area (Å²) in [7, 11) is 0. The number of amides is 1. The van der Waals surface area contributed by atoms with Crippen molar-refractivity contribution in [3.63, 3.8) is 0 Å². The lowest BCUT2D eigenvalue weighted by molar-refractivity contribution is -0.137. The number of alkyl halides is 4. The van der Waals surface area contributed by atoms with Crippen LogP contribution in [-0.2, 0) is 6.18 Å². The van der Waals surface area contributed by atoms with E-state index in [-0.39, 0.29) is 30.6 Å². The van der Waals surface area contributed by atoms with E-state index in [1.54, 1.807) is 0 Å². The molecule has 8 heteroatoms. The van der Waals surface area contributed by atoms with E-state index in [1.807, 2.05) is 13.8 Å². The zero-order valence-corrected chi connectivity index (χ0v) is 14.2. The van der Waals surface area contributed by atoms with Crippen molar-refractivity contribution < 1.29 is 23.1 Å². The summed E-state index contributed by atoms with van der Waals surface area (Å²) >= 11 is 6.00. The Bertz CT molecular complexity index is 580. The van der Waals surface area contributed by atoms with Crippen LogP contribution in [-0.4, -0.2) is 52.1 Å². The van der Waals surface area contributed by atoms with Gasteiger partial charge in [-0.05, 0) is 31.5 Å². The van der Waals surface area contributed by atoms with Crippen molar-refractivity contribution in [2.24, 2.45) is 0 Å². The Morgan fingerprint density at radius 2 is 1.92 bits per heavy atom. The zero-order valence-electron chi connectivity index (χ0n) is 13.4. The van der Waals surface area contributed by atoms with E-state index in [0.717, 1.165) is 17.7 Å². The first-order valence-electron chi connectivity index (χ1n) is 7.63. The summed E-state index contributed by atoms with van der Waals surface area (Å²) in [6.45, 7) is 4.47. The molecule has 1 heterocycles. The van der Waals surface area contributed by atoms with Gasteiger partial charge in [-0.25, -0.2) is 4.79 Å². The maximum atomic E-state index is 12.7. The number of benzene rings is 1. The molecule has 1 aromatic carbocycles. The standard InChI is InChI=1S/C16H20ClF3N2O2/c1-10-8-22(14(7-17)9-21(10)15(23)24)11(2)12-3-5-13(6-4-12)16(18,19)20/h3-6,10-11,14H,7-9H2,1-2H3,(H,23,24)/t10-,11?,14?/m0/s1. The van der Waals surface area contributed by atoms with Crippen molar-refractivity contribution in [1.29, 1.82) is 0 Å². The first-order valence-corrected chi connectivity index (χ1v) is 8.17. The van der Waals surface area contributed by atoms with Gasteiger partial charge in [0, 0.05) is 37.1 Å². The Hall–Kier alpha value is -1.47. The number of hydrogen-bond donors (Lipinski definition) is 1. The van der Waals surface area contributed by atoms with Crippen LogP contribution in [0.25, 0.3) is 0 Å². The molecule has 1 aliphatic rings. The minimum atomic E-state index is -4.36. The van der Waals surface area contributed by atoms with Crippen LogP contribution in [0.3, 0.4) is 0 Å². The molecular formula is C16H20ClF3N2O2. The van der Waals surface area contributed by atoms with Crippen molar-refractivity contribution in [3.8, 4) is 0 Å². The Balaban J connectivity index is 2.18. The van der Waals surface area contributed by atoms with Crippen molar-refractivity contribution in [1.82, 2.24) is 9.80 Å². The maximum absolute atomic E-state index is 12.7. The fraction of sp³-hybridized carbons (Fsp3) is 0.562. The molecule has 1 N–H and O–H groups in total. The highest BCUT2D eigenvalue weighted by Gasteiger charge is 2.36. The molecule has 1 amide bonds. The number of carboxylic acid groups (broad SMARTS) is 1. The summed E-state index contributed by atoms with van der Waals surface area (Å²) < 4.78 is 38.0. The Morgan fingerprint density at radius 3 is 2.38 bits per heavy atom. The molecule has 1 aromatic rings. The number of piperazine rings is 1. The third kappa shape index (κ3) is 3.95. The second-order valence-corrected chi connectivity index (χ2v) is 6.39. The second-order valence-electron chi connectivity index (χ2n) is 6.08. The molecule has 0 spiro atoms. The fourth-order valence-corrected chi connectivity index (χ4v) is 3.36. The van der Waals surface area contributed by atoms with E-state index >= 15 is 0 Å². The molecular weight excluding hydrogens is 345 g/mol. The number of nitrogens with zero attached hydrogens (tertiary/aromatic N) is 2. The van der Waals surface area contributed by atoms with Gasteiger partial charge in [-0.3, -0.25) is 4.90 Å². The molecule has 1 saturated heterocycles. The zero-order chi connectivity index (χ0) is 18.1. The average molecular weight is 365 g/mol. The van der Waals surface area contributed by atoms with Crippen molar-refractivity contribution in [2.45, 2.75) is 38.1 Å². The summed E-state index contributed by atoms with van der Waals surface area (Å²) in [6.07, 6.45) is -5.35. The molecule has 0 bridgehead atoms. The highest BCUT2D eigenvalue weighted by molar-refractivity contribution is 6.18. The fourth-order valence-electron chi connectivity index (χ4n) is 3.09. The molecule has 0 aromatic heterocycles. The summed E-state index contributed by atoms with van der Waals surface area (Å²) in [5.74, 6) is 0.251. The molecule has 24 heavy (non-hydrogen) atoms. The van der Waals surface area contributed by atoms with Gasteiger partial charge in [-0.1, -0.05) is 12.1 Å². The number of halogens is 4. The van der Waals surface area contributed by atoms with E-state index < -0.39 is 17.8 Å². The predicted octanol–water partition coefficient (Wildman–Crippen LogP) is 4.06. The lowest BCUT2D eigenvalue weighted by Gasteiger charge is -2.46. The Morgan fingerprint density at radius 1 is 1.33 bits per heavy atom. The smallest absolute Gasteiger partial charge is 0.416 e. The van der Waals surface area contributed by atoms with Crippen LogP contribution in [0, 0.1) is 0 Å². The van der Waals surface area contributed by atoms with Crippen LogP contribution in [0.1, 0.15) is 31.0 Å². The number of rotatable bonds is 3. The molecule has 0 saturated carbocycles. The third-order valence-corrected chi connectivity index (χ3v) is 4.88. The van der Waals surface area contributed by atoms with Gasteiger partial charge in [-0.15, -0.1) is 11.6 Å². The largest absolute Gasteiger partial charge is 0.465 e. The normalized spacial score (nSPS) is 24.0. The SMILES string of the molecule is CC(c1ccc(C(F)(F)F)cc1)N1C[C@H](C)N(C(=O)O)CC1CCl.